The highest BCUT2D eigenvalue weighted by molar-refractivity contribution is 5.59. The summed E-state index contributed by atoms with van der Waals surface area (Å²) in [5.74, 6) is 1.45. The lowest BCUT2D eigenvalue weighted by Gasteiger charge is -2.28. The van der Waals surface area contributed by atoms with Crippen molar-refractivity contribution in [2.24, 2.45) is 7.05 Å². The van der Waals surface area contributed by atoms with Crippen LogP contribution in [0.1, 0.15) is 33.9 Å². The van der Waals surface area contributed by atoms with Crippen molar-refractivity contribution in [1.29, 1.82) is 0 Å². The van der Waals surface area contributed by atoms with Gasteiger partial charge in [0.05, 0.1) is 11.3 Å². The summed E-state index contributed by atoms with van der Waals surface area (Å²) in [4.78, 5) is 13.7. The first-order chi connectivity index (χ1) is 14.1. The standard InChI is InChI=1S/C25H22N2O2/c1-16-13-14-22-20(15-16)24(19-11-7-8-12-21(19)29-22)23-17(2)26(3)27(25(23)28)18-9-5-4-6-10-18/h4-15,24H,1-3H3/t24-/m1/s1. The average molecular weight is 382 g/mol. The number of para-hydroxylation sites is 2. The van der Waals surface area contributed by atoms with Gasteiger partial charge in [-0.2, -0.15) is 0 Å². The lowest BCUT2D eigenvalue weighted by Crippen LogP contribution is -2.23. The number of nitrogens with zero attached hydrogens (tertiary/aromatic N) is 2. The monoisotopic (exact) mass is 382 g/mol. The van der Waals surface area contributed by atoms with Crippen LogP contribution in [0.15, 0.2) is 77.6 Å². The van der Waals surface area contributed by atoms with Gasteiger partial charge in [-0.1, -0.05) is 54.1 Å². The minimum absolute atomic E-state index is 0.00496. The first-order valence-corrected chi connectivity index (χ1v) is 9.77. The quantitative estimate of drug-likeness (QED) is 0.427. The van der Waals surface area contributed by atoms with Gasteiger partial charge in [-0.05, 0) is 38.1 Å². The molecule has 0 saturated heterocycles. The molecule has 0 fully saturated rings. The topological polar surface area (TPSA) is 36.2 Å². The molecule has 1 aromatic heterocycles. The highest BCUT2D eigenvalue weighted by Gasteiger charge is 2.33. The molecule has 4 nitrogen and oxygen atoms in total. The Hall–Kier alpha value is -3.53. The van der Waals surface area contributed by atoms with Crippen molar-refractivity contribution in [3.8, 4) is 17.2 Å². The number of benzene rings is 3. The second-order valence-corrected chi connectivity index (χ2v) is 7.59. The molecule has 4 aromatic rings. The first kappa shape index (κ1) is 17.6. The van der Waals surface area contributed by atoms with Gasteiger partial charge in [0.1, 0.15) is 11.5 Å². The highest BCUT2D eigenvalue weighted by atomic mass is 16.5. The molecule has 29 heavy (non-hydrogen) atoms. The zero-order chi connectivity index (χ0) is 20.1. The summed E-state index contributed by atoms with van der Waals surface area (Å²) in [7, 11) is 1.94. The molecule has 0 aliphatic carbocycles. The van der Waals surface area contributed by atoms with Gasteiger partial charge >= 0.3 is 0 Å². The SMILES string of the molecule is Cc1ccc2c(c1)[C@H](c1c(C)n(C)n(-c3ccccc3)c1=O)c1ccccc1O2. The predicted octanol–water partition coefficient (Wildman–Crippen LogP) is 5.08. The molecule has 3 aromatic carbocycles. The Bertz CT molecular complexity index is 1280. The number of hydrogen-bond donors (Lipinski definition) is 0. The van der Waals surface area contributed by atoms with E-state index >= 15 is 0 Å². The number of hydrogen-bond acceptors (Lipinski definition) is 2. The summed E-state index contributed by atoms with van der Waals surface area (Å²) in [5, 5.41) is 0. The lowest BCUT2D eigenvalue weighted by atomic mass is 9.82. The number of rotatable bonds is 2. The Labute approximate surface area is 169 Å². The van der Waals surface area contributed by atoms with E-state index in [2.05, 4.69) is 19.1 Å². The van der Waals surface area contributed by atoms with Crippen LogP contribution in [0.3, 0.4) is 0 Å². The molecule has 4 heteroatoms. The summed E-state index contributed by atoms with van der Waals surface area (Å²) in [6.07, 6.45) is 0. The van der Waals surface area contributed by atoms with E-state index in [1.54, 1.807) is 4.68 Å². The Morgan fingerprint density at radius 3 is 2.31 bits per heavy atom. The molecule has 1 atom stereocenters. The maximum absolute atomic E-state index is 13.7. The van der Waals surface area contributed by atoms with Crippen molar-refractivity contribution in [2.45, 2.75) is 19.8 Å². The number of ether oxygens (including phenoxy) is 1. The zero-order valence-corrected chi connectivity index (χ0v) is 16.7. The molecule has 0 N–H and O–H groups in total. The van der Waals surface area contributed by atoms with Crippen LogP contribution < -0.4 is 10.3 Å². The Morgan fingerprint density at radius 2 is 1.52 bits per heavy atom. The molecular formula is C25H22N2O2. The normalized spacial score (nSPS) is 14.8. The van der Waals surface area contributed by atoms with Crippen LogP contribution in [0.25, 0.3) is 5.69 Å². The molecule has 0 spiro atoms. The van der Waals surface area contributed by atoms with Gasteiger partial charge in [0, 0.05) is 29.8 Å². The Morgan fingerprint density at radius 1 is 0.828 bits per heavy atom. The maximum Gasteiger partial charge on any atom is 0.275 e. The van der Waals surface area contributed by atoms with Gasteiger partial charge in [-0.15, -0.1) is 0 Å². The molecule has 0 bridgehead atoms. The van der Waals surface area contributed by atoms with Crippen molar-refractivity contribution in [2.75, 3.05) is 0 Å². The van der Waals surface area contributed by atoms with E-state index in [-0.39, 0.29) is 11.5 Å². The molecule has 0 amide bonds. The van der Waals surface area contributed by atoms with Crippen LogP contribution in [0, 0.1) is 13.8 Å². The molecule has 5 rings (SSSR count). The molecule has 0 unspecified atom stereocenters. The van der Waals surface area contributed by atoms with Crippen molar-refractivity contribution in [3.05, 3.63) is 111 Å². The van der Waals surface area contributed by atoms with Crippen molar-refractivity contribution in [3.63, 3.8) is 0 Å². The molecule has 0 saturated carbocycles. The molecule has 0 radical (unpaired) electrons. The first-order valence-electron chi connectivity index (χ1n) is 9.77. The van der Waals surface area contributed by atoms with Crippen LogP contribution >= 0.6 is 0 Å². The Balaban J connectivity index is 1.82. The summed E-state index contributed by atoms with van der Waals surface area (Å²) in [6.45, 7) is 4.08. The van der Waals surface area contributed by atoms with Gasteiger partial charge in [0.2, 0.25) is 0 Å². The number of aromatic nitrogens is 2. The van der Waals surface area contributed by atoms with Gasteiger partial charge < -0.3 is 4.74 Å². The summed E-state index contributed by atoms with van der Waals surface area (Å²) in [5.41, 5.74) is 5.82. The van der Waals surface area contributed by atoms with E-state index in [1.165, 1.54) is 0 Å². The van der Waals surface area contributed by atoms with E-state index in [0.717, 1.165) is 45.1 Å². The van der Waals surface area contributed by atoms with Gasteiger partial charge in [0.25, 0.3) is 5.56 Å². The van der Waals surface area contributed by atoms with Gasteiger partial charge in [0.15, 0.2) is 0 Å². The fraction of sp³-hybridized carbons (Fsp3) is 0.160. The minimum atomic E-state index is -0.168. The summed E-state index contributed by atoms with van der Waals surface area (Å²) < 4.78 is 9.86. The third kappa shape index (κ3) is 2.64. The predicted molar refractivity (Wildman–Crippen MR) is 114 cm³/mol. The van der Waals surface area contributed by atoms with E-state index in [4.69, 9.17) is 4.74 Å². The van der Waals surface area contributed by atoms with E-state index in [9.17, 15) is 4.79 Å². The van der Waals surface area contributed by atoms with Crippen LogP contribution in [-0.4, -0.2) is 9.36 Å². The van der Waals surface area contributed by atoms with Crippen LogP contribution in [0.5, 0.6) is 11.5 Å². The van der Waals surface area contributed by atoms with Crippen LogP contribution in [0.4, 0.5) is 0 Å². The lowest BCUT2D eigenvalue weighted by molar-refractivity contribution is 0.452. The zero-order valence-electron chi connectivity index (χ0n) is 16.7. The fourth-order valence-corrected chi connectivity index (χ4v) is 4.32. The van der Waals surface area contributed by atoms with Gasteiger partial charge in [-0.25, -0.2) is 4.68 Å². The van der Waals surface area contributed by atoms with Crippen LogP contribution in [0.2, 0.25) is 0 Å². The smallest absolute Gasteiger partial charge is 0.275 e. The second-order valence-electron chi connectivity index (χ2n) is 7.59. The second kappa shape index (κ2) is 6.52. The van der Waals surface area contributed by atoms with Gasteiger partial charge in [-0.3, -0.25) is 9.48 Å². The minimum Gasteiger partial charge on any atom is -0.457 e. The number of fused-ring (bicyclic) bond motifs is 2. The molecular weight excluding hydrogens is 360 g/mol. The largest absolute Gasteiger partial charge is 0.457 e. The average Bonchev–Trinajstić information content (AvgIpc) is 2.95. The van der Waals surface area contributed by atoms with Crippen LogP contribution in [-0.2, 0) is 7.05 Å². The maximum atomic E-state index is 13.7. The van der Waals surface area contributed by atoms with Crippen molar-refractivity contribution < 1.29 is 4.74 Å². The summed E-state index contributed by atoms with van der Waals surface area (Å²) >= 11 is 0. The third-order valence-corrected chi connectivity index (χ3v) is 5.81. The van der Waals surface area contributed by atoms with Crippen molar-refractivity contribution >= 4 is 0 Å². The molecule has 1 aliphatic rings. The van der Waals surface area contributed by atoms with Crippen molar-refractivity contribution in [1.82, 2.24) is 9.36 Å². The fourth-order valence-electron chi connectivity index (χ4n) is 4.32. The Kier molecular flexibility index (Phi) is 3.95. The molecule has 2 heterocycles. The molecule has 1 aliphatic heterocycles. The van der Waals surface area contributed by atoms with E-state index in [1.807, 2.05) is 79.3 Å². The van der Waals surface area contributed by atoms with E-state index < -0.39 is 0 Å². The third-order valence-electron chi connectivity index (χ3n) is 5.81. The number of aryl methyl sites for hydroxylation is 1. The highest BCUT2D eigenvalue weighted by Crippen LogP contribution is 2.47. The molecule has 144 valence electrons. The summed E-state index contributed by atoms with van der Waals surface area (Å²) in [6, 6.07) is 24.0. The van der Waals surface area contributed by atoms with E-state index in [0.29, 0.717) is 0 Å².